The van der Waals surface area contributed by atoms with Crippen LogP contribution in [0.5, 0.6) is 5.75 Å². The number of urea groups is 1. The van der Waals surface area contributed by atoms with Gasteiger partial charge in [-0.15, -0.1) is 0 Å². The zero-order valence-corrected chi connectivity index (χ0v) is 20.8. The first-order valence-electron chi connectivity index (χ1n) is 12.2. The van der Waals surface area contributed by atoms with Crippen molar-refractivity contribution in [3.05, 3.63) is 101 Å². The molecule has 2 heterocycles. The van der Waals surface area contributed by atoms with Gasteiger partial charge in [0.15, 0.2) is 0 Å². The number of amides is 3. The van der Waals surface area contributed by atoms with E-state index in [1.165, 1.54) is 47.2 Å². The summed E-state index contributed by atoms with van der Waals surface area (Å²) in [4.78, 5) is 33.7. The van der Waals surface area contributed by atoms with Crippen LogP contribution in [0.4, 0.5) is 22.4 Å². The highest BCUT2D eigenvalue weighted by Crippen LogP contribution is 2.45. The summed E-state index contributed by atoms with van der Waals surface area (Å²) in [5.41, 5.74) is 0.538. The van der Waals surface area contributed by atoms with Crippen LogP contribution in [-0.2, 0) is 11.0 Å². The van der Waals surface area contributed by atoms with E-state index in [2.05, 4.69) is 5.32 Å². The highest BCUT2D eigenvalue weighted by atomic mass is 19.4. The summed E-state index contributed by atoms with van der Waals surface area (Å²) in [5.74, 6) is -0.0451. The first-order chi connectivity index (χ1) is 18.7. The van der Waals surface area contributed by atoms with Crippen LogP contribution in [0, 0.1) is 5.82 Å². The molecule has 0 aromatic heterocycles. The number of carbonyl (C=O) groups is 2. The Hall–Kier alpha value is -4.41. The number of nitrogens with zero attached hydrogens (tertiary/aromatic N) is 3. The molecule has 0 saturated carbocycles. The van der Waals surface area contributed by atoms with E-state index in [4.69, 9.17) is 9.73 Å². The molecule has 3 aromatic carbocycles. The third kappa shape index (κ3) is 5.29. The van der Waals surface area contributed by atoms with E-state index in [1.807, 2.05) is 0 Å². The molecule has 1 saturated heterocycles. The molecule has 202 valence electrons. The van der Waals surface area contributed by atoms with E-state index in [1.54, 1.807) is 30.3 Å². The van der Waals surface area contributed by atoms with Crippen LogP contribution in [0.1, 0.15) is 34.3 Å². The molecular weight excluding hydrogens is 516 g/mol. The van der Waals surface area contributed by atoms with Gasteiger partial charge >= 0.3 is 12.2 Å². The second-order valence-electron chi connectivity index (χ2n) is 9.17. The Bertz CT molecular complexity index is 1410. The van der Waals surface area contributed by atoms with Crippen molar-refractivity contribution in [1.29, 1.82) is 0 Å². The Morgan fingerprint density at radius 1 is 1.03 bits per heavy atom. The number of rotatable bonds is 4. The van der Waals surface area contributed by atoms with Crippen molar-refractivity contribution >= 4 is 17.8 Å². The summed E-state index contributed by atoms with van der Waals surface area (Å²) in [6.45, 7) is 0.338. The molecule has 3 aromatic rings. The van der Waals surface area contributed by atoms with Crippen LogP contribution in [0.15, 0.2) is 77.8 Å². The van der Waals surface area contributed by atoms with Gasteiger partial charge in [0.25, 0.3) is 0 Å². The molecule has 2 aliphatic rings. The van der Waals surface area contributed by atoms with Crippen molar-refractivity contribution in [2.45, 2.75) is 18.3 Å². The molecule has 0 bridgehead atoms. The van der Waals surface area contributed by atoms with E-state index in [0.29, 0.717) is 22.4 Å². The van der Waals surface area contributed by atoms with Gasteiger partial charge in [-0.2, -0.15) is 13.2 Å². The van der Waals surface area contributed by atoms with Gasteiger partial charge in [0.05, 0.1) is 18.7 Å². The van der Waals surface area contributed by atoms with Gasteiger partial charge < -0.3 is 15.0 Å². The van der Waals surface area contributed by atoms with Crippen LogP contribution in [0.2, 0.25) is 0 Å². The van der Waals surface area contributed by atoms with Crippen LogP contribution in [0.25, 0.3) is 0 Å². The Kier molecular flexibility index (Phi) is 6.98. The van der Waals surface area contributed by atoms with Crippen molar-refractivity contribution in [3.8, 4) is 5.75 Å². The second kappa shape index (κ2) is 10.4. The molecule has 0 radical (unpaired) electrons. The largest absolute Gasteiger partial charge is 0.497 e. The fraction of sp³-hybridized carbons (Fsp3) is 0.250. The van der Waals surface area contributed by atoms with Crippen LogP contribution in [0.3, 0.4) is 0 Å². The number of amidine groups is 1. The zero-order valence-electron chi connectivity index (χ0n) is 20.8. The summed E-state index contributed by atoms with van der Waals surface area (Å²) < 4.78 is 59.5. The summed E-state index contributed by atoms with van der Waals surface area (Å²) in [7, 11) is 1.51. The average molecular weight is 541 g/mol. The maximum absolute atomic E-state index is 14.4. The lowest BCUT2D eigenvalue weighted by Gasteiger charge is -2.35. The smallest absolute Gasteiger partial charge is 0.416 e. The molecule has 2 unspecified atom stereocenters. The number of aliphatic imine (C=N–C) groups is 1. The third-order valence-corrected chi connectivity index (χ3v) is 6.70. The minimum atomic E-state index is -4.52. The normalized spacial score (nSPS) is 19.5. The summed E-state index contributed by atoms with van der Waals surface area (Å²) in [6.07, 6.45) is -4.52. The van der Waals surface area contributed by atoms with Gasteiger partial charge in [-0.1, -0.05) is 24.3 Å². The van der Waals surface area contributed by atoms with E-state index in [-0.39, 0.29) is 31.4 Å². The number of ether oxygens (including phenoxy) is 1. The number of piperazine rings is 1. The number of hydrogen-bond donors (Lipinski definition) is 1. The van der Waals surface area contributed by atoms with E-state index < -0.39 is 35.7 Å². The van der Waals surface area contributed by atoms with Crippen LogP contribution >= 0.6 is 0 Å². The predicted molar refractivity (Wildman–Crippen MR) is 135 cm³/mol. The topological polar surface area (TPSA) is 74.2 Å². The summed E-state index contributed by atoms with van der Waals surface area (Å²) in [6, 6.07) is 14.7. The van der Waals surface area contributed by atoms with Gasteiger partial charge in [0.1, 0.15) is 30.0 Å². The maximum Gasteiger partial charge on any atom is 0.416 e. The molecule has 1 fully saturated rings. The van der Waals surface area contributed by atoms with Crippen molar-refractivity contribution in [2.24, 2.45) is 4.99 Å². The van der Waals surface area contributed by atoms with Gasteiger partial charge in [-0.05, 0) is 59.7 Å². The van der Waals surface area contributed by atoms with Gasteiger partial charge in [0, 0.05) is 18.7 Å². The average Bonchev–Trinajstić information content (AvgIpc) is 3.33. The minimum absolute atomic E-state index is 0.175. The monoisotopic (exact) mass is 540 g/mol. The molecule has 1 N–H and O–H groups in total. The molecule has 0 aliphatic carbocycles. The Morgan fingerprint density at radius 3 is 2.36 bits per heavy atom. The predicted octanol–water partition coefficient (Wildman–Crippen LogP) is 4.95. The molecule has 5 rings (SSSR count). The lowest BCUT2D eigenvalue weighted by atomic mass is 9.93. The van der Waals surface area contributed by atoms with Gasteiger partial charge in [-0.3, -0.25) is 14.7 Å². The maximum atomic E-state index is 14.4. The first kappa shape index (κ1) is 26.2. The molecular formula is C28H24F4N4O3. The standard InChI is InChI=1S/C28H24F4N4O3/c1-39-22-11-7-18(8-12-22)26-34-24(17-5-9-20(10-6-17)28(30,31)32)25(19-3-2-4-21(29)15-19)36(26)27(38)35-14-13-33-23(37)16-35/h2-12,15,24-25H,13-14,16H2,1H3,(H,33,37). The molecule has 39 heavy (non-hydrogen) atoms. The Labute approximate surface area is 221 Å². The summed E-state index contributed by atoms with van der Waals surface area (Å²) >= 11 is 0. The molecule has 7 nitrogen and oxygen atoms in total. The van der Waals surface area contributed by atoms with Crippen molar-refractivity contribution in [2.75, 3.05) is 26.7 Å². The van der Waals surface area contributed by atoms with Crippen LogP contribution in [-0.4, -0.2) is 54.3 Å². The SMILES string of the molecule is COc1ccc(C2=NC(c3ccc(C(F)(F)F)cc3)C(c3cccc(F)c3)N2C(=O)N2CCNC(=O)C2)cc1. The lowest BCUT2D eigenvalue weighted by Crippen LogP contribution is -2.55. The Morgan fingerprint density at radius 2 is 1.74 bits per heavy atom. The first-order valence-corrected chi connectivity index (χ1v) is 12.2. The quantitative estimate of drug-likeness (QED) is 0.476. The highest BCUT2D eigenvalue weighted by Gasteiger charge is 2.44. The van der Waals surface area contributed by atoms with Crippen molar-refractivity contribution < 1.29 is 31.9 Å². The number of hydrogen-bond acceptors (Lipinski definition) is 4. The van der Waals surface area contributed by atoms with E-state index in [9.17, 15) is 27.2 Å². The number of methoxy groups -OCH3 is 1. The molecule has 0 spiro atoms. The summed E-state index contributed by atoms with van der Waals surface area (Å²) in [5, 5.41) is 2.68. The van der Waals surface area contributed by atoms with Crippen LogP contribution < -0.4 is 10.1 Å². The van der Waals surface area contributed by atoms with E-state index >= 15 is 0 Å². The minimum Gasteiger partial charge on any atom is -0.497 e. The number of benzene rings is 3. The molecule has 2 aliphatic heterocycles. The number of carbonyl (C=O) groups excluding carboxylic acids is 2. The fourth-order valence-corrected chi connectivity index (χ4v) is 4.80. The zero-order chi connectivity index (χ0) is 27.7. The molecule has 2 atom stereocenters. The third-order valence-electron chi connectivity index (χ3n) is 6.70. The molecule has 3 amide bonds. The van der Waals surface area contributed by atoms with Gasteiger partial charge in [-0.25, -0.2) is 9.18 Å². The lowest BCUT2D eigenvalue weighted by molar-refractivity contribution is -0.137. The van der Waals surface area contributed by atoms with Crippen molar-refractivity contribution in [3.63, 3.8) is 0 Å². The highest BCUT2D eigenvalue weighted by molar-refractivity contribution is 6.09. The number of alkyl halides is 3. The molecule has 11 heteroatoms. The number of nitrogens with one attached hydrogen (secondary N) is 1. The van der Waals surface area contributed by atoms with Crippen molar-refractivity contribution in [1.82, 2.24) is 15.1 Å². The number of halogens is 4. The fourth-order valence-electron chi connectivity index (χ4n) is 4.80. The Balaban J connectivity index is 1.65. The van der Waals surface area contributed by atoms with Gasteiger partial charge in [0.2, 0.25) is 5.91 Å². The van der Waals surface area contributed by atoms with E-state index in [0.717, 1.165) is 12.1 Å². The second-order valence-corrected chi connectivity index (χ2v) is 9.17.